The Kier molecular flexibility index (Phi) is 5.96. The summed E-state index contributed by atoms with van der Waals surface area (Å²) in [6, 6.07) is 62.7. The quantitative estimate of drug-likeness (QED) is 0.190. The van der Waals surface area contributed by atoms with E-state index < -0.39 is 0 Å². The van der Waals surface area contributed by atoms with Crippen molar-refractivity contribution in [2.75, 3.05) is 0 Å². The first-order chi connectivity index (χ1) is 25.3. The minimum absolute atomic E-state index is 0.881. The van der Waals surface area contributed by atoms with E-state index >= 15 is 0 Å². The molecule has 0 saturated carbocycles. The van der Waals surface area contributed by atoms with E-state index in [9.17, 15) is 0 Å². The second-order valence-electron chi connectivity index (χ2n) is 13.3. The fourth-order valence-electron chi connectivity index (χ4n) is 7.98. The smallest absolute Gasteiger partial charge is 0.135 e. The number of para-hydroxylation sites is 3. The van der Waals surface area contributed by atoms with Crippen molar-refractivity contribution >= 4 is 65.7 Å². The van der Waals surface area contributed by atoms with Gasteiger partial charge in [0.2, 0.25) is 0 Å². The minimum Gasteiger partial charge on any atom is -0.456 e. The number of hydrogen-bond donors (Lipinski definition) is 0. The molecule has 0 N–H and O–H groups in total. The van der Waals surface area contributed by atoms with Crippen molar-refractivity contribution in [3.05, 3.63) is 176 Å². The van der Waals surface area contributed by atoms with E-state index in [1.165, 1.54) is 38.5 Å². The van der Waals surface area contributed by atoms with E-state index in [4.69, 9.17) is 8.83 Å². The van der Waals surface area contributed by atoms with Gasteiger partial charge in [0.05, 0.1) is 11.0 Å². The van der Waals surface area contributed by atoms with Gasteiger partial charge in [-0.3, -0.25) is 0 Å². The second-order valence-corrected chi connectivity index (χ2v) is 13.3. The molecule has 3 nitrogen and oxygen atoms in total. The van der Waals surface area contributed by atoms with Crippen LogP contribution in [0, 0.1) is 0 Å². The summed E-state index contributed by atoms with van der Waals surface area (Å²) in [4.78, 5) is 0. The molecule has 0 aliphatic carbocycles. The Morgan fingerprint density at radius 2 is 0.824 bits per heavy atom. The number of aromatic nitrogens is 1. The monoisotopic (exact) mass is 651 g/mol. The number of benzene rings is 8. The summed E-state index contributed by atoms with van der Waals surface area (Å²) in [5, 5.41) is 6.94. The molecule has 0 saturated heterocycles. The van der Waals surface area contributed by atoms with E-state index in [-0.39, 0.29) is 0 Å². The fourth-order valence-corrected chi connectivity index (χ4v) is 7.98. The zero-order valence-corrected chi connectivity index (χ0v) is 27.5. The number of furan rings is 2. The minimum atomic E-state index is 0.881. The Morgan fingerprint density at radius 3 is 1.55 bits per heavy atom. The van der Waals surface area contributed by atoms with Crippen molar-refractivity contribution in [3.63, 3.8) is 0 Å². The van der Waals surface area contributed by atoms with Crippen LogP contribution in [-0.4, -0.2) is 4.57 Å². The Morgan fingerprint density at radius 1 is 0.314 bits per heavy atom. The van der Waals surface area contributed by atoms with Gasteiger partial charge >= 0.3 is 0 Å². The molecule has 3 heterocycles. The van der Waals surface area contributed by atoms with Gasteiger partial charge in [-0.2, -0.15) is 0 Å². The lowest BCUT2D eigenvalue weighted by Gasteiger charge is -2.13. The van der Waals surface area contributed by atoms with E-state index in [1.54, 1.807) is 0 Å². The van der Waals surface area contributed by atoms with Crippen LogP contribution in [0.5, 0.6) is 0 Å². The summed E-state index contributed by atoms with van der Waals surface area (Å²) in [6.07, 6.45) is 0. The predicted molar refractivity (Wildman–Crippen MR) is 212 cm³/mol. The molecule has 0 radical (unpaired) electrons. The topological polar surface area (TPSA) is 31.2 Å². The molecule has 0 aliphatic rings. The third kappa shape index (κ3) is 4.32. The summed E-state index contributed by atoms with van der Waals surface area (Å²) in [5.74, 6) is 0. The lowest BCUT2D eigenvalue weighted by Crippen LogP contribution is -1.95. The maximum atomic E-state index is 6.41. The molecule has 0 atom stereocenters. The molecule has 0 spiro atoms. The van der Waals surface area contributed by atoms with Gasteiger partial charge in [0.1, 0.15) is 22.3 Å². The van der Waals surface area contributed by atoms with Crippen LogP contribution in [0.2, 0.25) is 0 Å². The lowest BCUT2D eigenvalue weighted by atomic mass is 9.98. The molecule has 0 bridgehead atoms. The highest BCUT2D eigenvalue weighted by Gasteiger charge is 2.18. The van der Waals surface area contributed by atoms with E-state index in [2.05, 4.69) is 168 Å². The number of nitrogens with zero attached hydrogens (tertiary/aromatic N) is 1. The highest BCUT2D eigenvalue weighted by Crippen LogP contribution is 2.41. The van der Waals surface area contributed by atoms with Crippen molar-refractivity contribution in [1.82, 2.24) is 4.57 Å². The van der Waals surface area contributed by atoms with Gasteiger partial charge < -0.3 is 13.4 Å². The van der Waals surface area contributed by atoms with E-state index in [0.29, 0.717) is 0 Å². The van der Waals surface area contributed by atoms with Crippen LogP contribution >= 0.6 is 0 Å². The maximum Gasteiger partial charge on any atom is 0.135 e. The van der Waals surface area contributed by atoms with Gasteiger partial charge in [0.15, 0.2) is 0 Å². The van der Waals surface area contributed by atoms with Crippen LogP contribution in [0.4, 0.5) is 0 Å². The van der Waals surface area contributed by atoms with Gasteiger partial charge in [0.25, 0.3) is 0 Å². The molecule has 0 unspecified atom stereocenters. The molecule has 8 aromatic carbocycles. The summed E-state index contributed by atoms with van der Waals surface area (Å²) in [6.45, 7) is 0. The SMILES string of the molecule is c1ccc(-c2ccc(-n3c4ccccc4c4cccc(-c5ccc6oc7ccc(-c8ccc9oc%10ccccc%10c9c8)cc7c6c5)c43)cc2)cc1. The third-order valence-electron chi connectivity index (χ3n) is 10.4. The number of fused-ring (bicyclic) bond motifs is 9. The zero-order valence-electron chi connectivity index (χ0n) is 27.5. The largest absolute Gasteiger partial charge is 0.456 e. The first-order valence-corrected chi connectivity index (χ1v) is 17.3. The fraction of sp³-hybridized carbons (Fsp3) is 0. The Hall–Kier alpha value is -6.84. The van der Waals surface area contributed by atoms with Gasteiger partial charge in [-0.15, -0.1) is 0 Å². The van der Waals surface area contributed by atoms with Gasteiger partial charge in [-0.05, 0) is 88.5 Å². The molecule has 11 aromatic rings. The molecule has 0 amide bonds. The lowest BCUT2D eigenvalue weighted by molar-refractivity contribution is 0.668. The number of hydrogen-bond acceptors (Lipinski definition) is 2. The molecule has 11 rings (SSSR count). The number of rotatable bonds is 4. The normalized spacial score (nSPS) is 11.9. The Balaban J connectivity index is 1.08. The van der Waals surface area contributed by atoms with Gasteiger partial charge in [-0.1, -0.05) is 115 Å². The van der Waals surface area contributed by atoms with Crippen LogP contribution in [0.3, 0.4) is 0 Å². The predicted octanol–water partition coefficient (Wildman–Crippen LogP) is 13.6. The molecule has 3 aromatic heterocycles. The van der Waals surface area contributed by atoms with Gasteiger partial charge in [0, 0.05) is 43.6 Å². The van der Waals surface area contributed by atoms with Crippen molar-refractivity contribution in [2.45, 2.75) is 0 Å². The van der Waals surface area contributed by atoms with Crippen LogP contribution in [-0.2, 0) is 0 Å². The molecule has 238 valence electrons. The molecule has 3 heteroatoms. The van der Waals surface area contributed by atoms with Crippen molar-refractivity contribution in [2.24, 2.45) is 0 Å². The zero-order chi connectivity index (χ0) is 33.5. The highest BCUT2D eigenvalue weighted by molar-refractivity contribution is 6.15. The average Bonchev–Trinajstić information content (AvgIpc) is 3.87. The van der Waals surface area contributed by atoms with Crippen LogP contribution < -0.4 is 0 Å². The van der Waals surface area contributed by atoms with Crippen LogP contribution in [0.1, 0.15) is 0 Å². The molecular weight excluding hydrogens is 623 g/mol. The molecule has 0 fully saturated rings. The highest BCUT2D eigenvalue weighted by atomic mass is 16.3. The Labute approximate surface area is 293 Å². The average molecular weight is 652 g/mol. The van der Waals surface area contributed by atoms with Crippen LogP contribution in [0.15, 0.2) is 185 Å². The van der Waals surface area contributed by atoms with Crippen LogP contribution in [0.25, 0.3) is 105 Å². The summed E-state index contributed by atoms with van der Waals surface area (Å²) < 4.78 is 14.9. The standard InChI is InChI=1S/C48H29NO2/c1-2-9-30(10-3-1)31-17-22-35(23-18-31)49-43-15-6-4-11-37(43)39-14-8-13-36(48(39)49)34-21-26-47-42(29-34)41-28-33(20-25-46(41)51-47)32-19-24-45-40(27-32)38-12-5-7-16-44(38)50-45/h1-29H. The Bertz CT molecular complexity index is 3120. The molecule has 51 heavy (non-hydrogen) atoms. The summed E-state index contributed by atoms with van der Waals surface area (Å²) in [5.41, 5.74) is 14.1. The van der Waals surface area contributed by atoms with E-state index in [1.807, 2.05) is 12.1 Å². The summed E-state index contributed by atoms with van der Waals surface area (Å²) >= 11 is 0. The third-order valence-corrected chi connectivity index (χ3v) is 10.4. The second kappa shape index (κ2) is 10.8. The molecule has 0 aliphatic heterocycles. The van der Waals surface area contributed by atoms with Crippen molar-refractivity contribution in [3.8, 4) is 39.1 Å². The van der Waals surface area contributed by atoms with E-state index in [0.717, 1.165) is 66.3 Å². The van der Waals surface area contributed by atoms with Crippen molar-refractivity contribution < 1.29 is 8.83 Å². The summed E-state index contributed by atoms with van der Waals surface area (Å²) in [7, 11) is 0. The van der Waals surface area contributed by atoms with Gasteiger partial charge in [-0.25, -0.2) is 0 Å². The maximum absolute atomic E-state index is 6.41. The molecular formula is C48H29NO2. The first kappa shape index (κ1) is 28.0. The van der Waals surface area contributed by atoms with Crippen molar-refractivity contribution in [1.29, 1.82) is 0 Å². The first-order valence-electron chi connectivity index (χ1n) is 17.3.